The van der Waals surface area contributed by atoms with Crippen LogP contribution in [0.1, 0.15) is 18.4 Å². The van der Waals surface area contributed by atoms with Crippen molar-refractivity contribution in [2.24, 2.45) is 0 Å². The molecular weight excluding hydrogens is 399 g/mol. The topological polar surface area (TPSA) is 81.7 Å². The highest BCUT2D eigenvalue weighted by molar-refractivity contribution is 5.88. The Hall–Kier alpha value is -3.07. The van der Waals surface area contributed by atoms with Crippen LogP contribution >= 0.6 is 0 Å². The Kier molecular flexibility index (Phi) is 6.71. The van der Waals surface area contributed by atoms with E-state index in [1.54, 1.807) is 24.5 Å². The van der Waals surface area contributed by atoms with E-state index >= 15 is 0 Å². The van der Waals surface area contributed by atoms with Crippen LogP contribution in [0.15, 0.2) is 42.7 Å². The van der Waals surface area contributed by atoms with Gasteiger partial charge in [0.1, 0.15) is 5.82 Å². The molecule has 0 aliphatic carbocycles. The first-order valence-electron chi connectivity index (χ1n) is 10.7. The predicted molar refractivity (Wildman–Crippen MR) is 114 cm³/mol. The third-order valence-corrected chi connectivity index (χ3v) is 5.77. The van der Waals surface area contributed by atoms with Crippen LogP contribution in [0.5, 0.6) is 0 Å². The summed E-state index contributed by atoms with van der Waals surface area (Å²) in [5.41, 5.74) is 0.792. The maximum Gasteiger partial charge on any atom is 0.237 e. The zero-order valence-corrected chi connectivity index (χ0v) is 17.4. The van der Waals surface area contributed by atoms with Crippen molar-refractivity contribution in [3.8, 4) is 0 Å². The zero-order chi connectivity index (χ0) is 21.6. The molecule has 1 aromatic carbocycles. The molecule has 0 spiro atoms. The summed E-state index contributed by atoms with van der Waals surface area (Å²) in [6, 6.07) is 7.60. The van der Waals surface area contributed by atoms with Gasteiger partial charge < -0.3 is 15.1 Å². The number of piperazine rings is 1. The van der Waals surface area contributed by atoms with Crippen molar-refractivity contribution in [2.75, 3.05) is 44.2 Å². The largest absolute Gasteiger partial charge is 0.353 e. The lowest BCUT2D eigenvalue weighted by Gasteiger charge is -2.35. The molecule has 2 aromatic rings. The molecule has 1 N–H and O–H groups in total. The van der Waals surface area contributed by atoms with Crippen molar-refractivity contribution in [3.63, 3.8) is 0 Å². The molecule has 8 nitrogen and oxygen atoms in total. The van der Waals surface area contributed by atoms with Gasteiger partial charge in [-0.3, -0.25) is 14.5 Å². The Labute approximate surface area is 181 Å². The van der Waals surface area contributed by atoms with Gasteiger partial charge >= 0.3 is 0 Å². The standard InChI is InChI=1S/C22H27FN6O2/c23-18-5-1-4-17(14-18)16-29-11-8-24-21(31)19(29)15-20(30)27-9-3-10-28(13-12-27)22-25-6-2-7-26-22/h1-2,4-7,14,19H,3,8-13,15-16H2,(H,24,31). The van der Waals surface area contributed by atoms with Crippen LogP contribution in [-0.4, -0.2) is 76.9 Å². The van der Waals surface area contributed by atoms with Crippen LogP contribution < -0.4 is 10.2 Å². The first-order chi connectivity index (χ1) is 15.1. The van der Waals surface area contributed by atoms with Crippen LogP contribution in [-0.2, 0) is 16.1 Å². The van der Waals surface area contributed by atoms with E-state index < -0.39 is 6.04 Å². The molecule has 2 aliphatic rings. The molecule has 31 heavy (non-hydrogen) atoms. The number of rotatable bonds is 5. The van der Waals surface area contributed by atoms with Gasteiger partial charge in [0.25, 0.3) is 0 Å². The summed E-state index contributed by atoms with van der Waals surface area (Å²) in [5, 5.41) is 2.86. The Morgan fingerprint density at radius 2 is 1.94 bits per heavy atom. The van der Waals surface area contributed by atoms with E-state index in [1.165, 1.54) is 12.1 Å². The fraction of sp³-hybridized carbons (Fsp3) is 0.455. The fourth-order valence-electron chi connectivity index (χ4n) is 4.16. The maximum absolute atomic E-state index is 13.6. The molecule has 0 bridgehead atoms. The van der Waals surface area contributed by atoms with Gasteiger partial charge in [0.15, 0.2) is 0 Å². The molecule has 2 aliphatic heterocycles. The Morgan fingerprint density at radius 3 is 2.74 bits per heavy atom. The van der Waals surface area contributed by atoms with E-state index in [-0.39, 0.29) is 24.1 Å². The summed E-state index contributed by atoms with van der Waals surface area (Å²) in [5.74, 6) is 0.181. The second-order valence-corrected chi connectivity index (χ2v) is 7.88. The number of anilines is 1. The molecule has 2 amide bonds. The lowest BCUT2D eigenvalue weighted by Crippen LogP contribution is -2.56. The third-order valence-electron chi connectivity index (χ3n) is 5.77. The van der Waals surface area contributed by atoms with Crippen LogP contribution in [0.4, 0.5) is 10.3 Å². The van der Waals surface area contributed by atoms with Crippen LogP contribution in [0.3, 0.4) is 0 Å². The Balaban J connectivity index is 1.39. The molecule has 2 fully saturated rings. The zero-order valence-electron chi connectivity index (χ0n) is 17.4. The minimum absolute atomic E-state index is 0.0397. The number of carbonyl (C=O) groups is 2. The second-order valence-electron chi connectivity index (χ2n) is 7.88. The number of hydrogen-bond donors (Lipinski definition) is 1. The monoisotopic (exact) mass is 426 g/mol. The van der Waals surface area contributed by atoms with Gasteiger partial charge in [0.05, 0.1) is 12.5 Å². The van der Waals surface area contributed by atoms with E-state index in [0.29, 0.717) is 45.2 Å². The number of aromatic nitrogens is 2. The van der Waals surface area contributed by atoms with E-state index in [1.807, 2.05) is 15.9 Å². The van der Waals surface area contributed by atoms with Gasteiger partial charge in [-0.15, -0.1) is 0 Å². The average molecular weight is 426 g/mol. The van der Waals surface area contributed by atoms with Gasteiger partial charge in [0, 0.05) is 58.2 Å². The molecule has 1 unspecified atom stereocenters. The molecule has 1 atom stereocenters. The maximum atomic E-state index is 13.6. The minimum atomic E-state index is -0.554. The van der Waals surface area contributed by atoms with Gasteiger partial charge in [-0.2, -0.15) is 0 Å². The Morgan fingerprint density at radius 1 is 1.10 bits per heavy atom. The van der Waals surface area contributed by atoms with E-state index in [2.05, 4.69) is 20.2 Å². The van der Waals surface area contributed by atoms with Crippen molar-refractivity contribution in [2.45, 2.75) is 25.4 Å². The lowest BCUT2D eigenvalue weighted by atomic mass is 10.1. The summed E-state index contributed by atoms with van der Waals surface area (Å²) in [7, 11) is 0. The molecule has 1 aromatic heterocycles. The SMILES string of the molecule is O=C1NCCN(Cc2cccc(F)c2)C1CC(=O)N1CCCN(c2ncccn2)CC1. The highest BCUT2D eigenvalue weighted by Gasteiger charge is 2.33. The quantitative estimate of drug-likeness (QED) is 0.770. The minimum Gasteiger partial charge on any atom is -0.353 e. The van der Waals surface area contributed by atoms with Crippen LogP contribution in [0, 0.1) is 5.82 Å². The number of nitrogens with zero attached hydrogens (tertiary/aromatic N) is 5. The number of benzene rings is 1. The highest BCUT2D eigenvalue weighted by Crippen LogP contribution is 2.17. The molecule has 0 saturated carbocycles. The molecule has 4 rings (SSSR count). The molecular formula is C22H27FN6O2. The van der Waals surface area contributed by atoms with E-state index in [0.717, 1.165) is 18.5 Å². The number of nitrogens with one attached hydrogen (secondary N) is 1. The van der Waals surface area contributed by atoms with Crippen molar-refractivity contribution < 1.29 is 14.0 Å². The molecule has 164 valence electrons. The number of amides is 2. The summed E-state index contributed by atoms with van der Waals surface area (Å²) in [4.78, 5) is 40.1. The fourth-order valence-corrected chi connectivity index (χ4v) is 4.16. The average Bonchev–Trinajstić information content (AvgIpc) is 3.03. The van der Waals surface area contributed by atoms with Crippen molar-refractivity contribution in [1.29, 1.82) is 0 Å². The summed E-state index contributed by atoms with van der Waals surface area (Å²) in [6.07, 6.45) is 4.35. The highest BCUT2D eigenvalue weighted by atomic mass is 19.1. The van der Waals surface area contributed by atoms with Crippen molar-refractivity contribution in [1.82, 2.24) is 25.1 Å². The lowest BCUT2D eigenvalue weighted by molar-refractivity contribution is -0.139. The number of halogens is 1. The normalized spacial score (nSPS) is 20.3. The second kappa shape index (κ2) is 9.82. The third kappa shape index (κ3) is 5.35. The van der Waals surface area contributed by atoms with Crippen LogP contribution in [0.2, 0.25) is 0 Å². The van der Waals surface area contributed by atoms with Crippen LogP contribution in [0.25, 0.3) is 0 Å². The first kappa shape index (κ1) is 21.2. The van der Waals surface area contributed by atoms with Gasteiger partial charge in [-0.05, 0) is 30.2 Å². The Bertz CT molecular complexity index is 912. The summed E-state index contributed by atoms with van der Waals surface area (Å²) in [6.45, 7) is 4.22. The number of carbonyl (C=O) groups excluding carboxylic acids is 2. The smallest absolute Gasteiger partial charge is 0.237 e. The first-order valence-corrected chi connectivity index (χ1v) is 10.7. The van der Waals surface area contributed by atoms with Gasteiger partial charge in [-0.25, -0.2) is 14.4 Å². The number of hydrogen-bond acceptors (Lipinski definition) is 6. The van der Waals surface area contributed by atoms with E-state index in [9.17, 15) is 14.0 Å². The van der Waals surface area contributed by atoms with Crippen molar-refractivity contribution in [3.05, 3.63) is 54.1 Å². The summed E-state index contributed by atoms with van der Waals surface area (Å²) >= 11 is 0. The molecule has 9 heteroatoms. The van der Waals surface area contributed by atoms with E-state index in [4.69, 9.17) is 0 Å². The molecule has 3 heterocycles. The molecule has 2 saturated heterocycles. The summed E-state index contributed by atoms with van der Waals surface area (Å²) < 4.78 is 13.6. The molecule has 0 radical (unpaired) electrons. The van der Waals surface area contributed by atoms with Crippen molar-refractivity contribution >= 4 is 17.8 Å². The predicted octanol–water partition coefficient (Wildman–Crippen LogP) is 1.05. The van der Waals surface area contributed by atoms with Gasteiger partial charge in [0.2, 0.25) is 17.8 Å². The van der Waals surface area contributed by atoms with Gasteiger partial charge in [-0.1, -0.05) is 12.1 Å².